The number of carbonyl (C=O) groups is 1. The number of halogens is 2. The molecule has 2 rings (SSSR count). The highest BCUT2D eigenvalue weighted by atomic mass is 32.1. The van der Waals surface area contributed by atoms with Gasteiger partial charge in [0, 0.05) is 6.42 Å². The van der Waals surface area contributed by atoms with Gasteiger partial charge in [0.05, 0.1) is 4.88 Å². The SMILES string of the molecule is CCc1ccsc1C(=O)Cc1cccc(F)c1F. The molecule has 4 heteroatoms. The summed E-state index contributed by atoms with van der Waals surface area (Å²) in [6, 6.07) is 5.79. The van der Waals surface area contributed by atoms with Crippen molar-refractivity contribution in [3.63, 3.8) is 0 Å². The number of hydrogen-bond acceptors (Lipinski definition) is 2. The van der Waals surface area contributed by atoms with Gasteiger partial charge in [-0.25, -0.2) is 8.78 Å². The molecule has 0 aliphatic heterocycles. The van der Waals surface area contributed by atoms with Crippen LogP contribution in [0.1, 0.15) is 27.7 Å². The summed E-state index contributed by atoms with van der Waals surface area (Å²) in [6.07, 6.45) is 0.660. The van der Waals surface area contributed by atoms with Crippen molar-refractivity contribution in [2.24, 2.45) is 0 Å². The minimum absolute atomic E-state index is 0.100. The first-order valence-electron chi connectivity index (χ1n) is 5.66. The third kappa shape index (κ3) is 2.48. The van der Waals surface area contributed by atoms with Crippen molar-refractivity contribution in [2.45, 2.75) is 19.8 Å². The van der Waals surface area contributed by atoms with Gasteiger partial charge in [0.2, 0.25) is 0 Å². The molecule has 0 saturated carbocycles. The monoisotopic (exact) mass is 266 g/mol. The molecule has 0 bridgehead atoms. The molecular weight excluding hydrogens is 254 g/mol. The summed E-state index contributed by atoms with van der Waals surface area (Å²) in [7, 11) is 0. The Morgan fingerprint density at radius 3 is 2.72 bits per heavy atom. The van der Waals surface area contributed by atoms with E-state index in [2.05, 4.69) is 0 Å². The highest BCUT2D eigenvalue weighted by Gasteiger charge is 2.16. The third-order valence-corrected chi connectivity index (χ3v) is 3.76. The van der Waals surface area contributed by atoms with Crippen molar-refractivity contribution in [1.82, 2.24) is 0 Å². The Balaban J connectivity index is 2.24. The zero-order chi connectivity index (χ0) is 13.1. The topological polar surface area (TPSA) is 17.1 Å². The second-order valence-corrected chi connectivity index (χ2v) is 4.86. The summed E-state index contributed by atoms with van der Waals surface area (Å²) >= 11 is 1.35. The highest BCUT2D eigenvalue weighted by molar-refractivity contribution is 7.12. The molecule has 0 fully saturated rings. The van der Waals surface area contributed by atoms with Crippen LogP contribution in [0.5, 0.6) is 0 Å². The molecule has 0 atom stereocenters. The van der Waals surface area contributed by atoms with Gasteiger partial charge in [-0.15, -0.1) is 11.3 Å². The molecule has 0 unspecified atom stereocenters. The summed E-state index contributed by atoms with van der Waals surface area (Å²) < 4.78 is 26.5. The summed E-state index contributed by atoms with van der Waals surface area (Å²) in [4.78, 5) is 12.7. The summed E-state index contributed by atoms with van der Waals surface area (Å²) in [5.74, 6) is -2.01. The smallest absolute Gasteiger partial charge is 0.177 e. The van der Waals surface area contributed by atoms with E-state index in [9.17, 15) is 13.6 Å². The molecular formula is C14H12F2OS. The number of benzene rings is 1. The van der Waals surface area contributed by atoms with Gasteiger partial charge in [-0.2, -0.15) is 0 Å². The number of rotatable bonds is 4. The van der Waals surface area contributed by atoms with E-state index >= 15 is 0 Å². The maximum Gasteiger partial charge on any atom is 0.177 e. The lowest BCUT2D eigenvalue weighted by Crippen LogP contribution is -2.06. The van der Waals surface area contributed by atoms with Crippen LogP contribution in [0.15, 0.2) is 29.6 Å². The molecule has 0 radical (unpaired) electrons. The van der Waals surface area contributed by atoms with Crippen molar-refractivity contribution < 1.29 is 13.6 Å². The summed E-state index contributed by atoms with van der Waals surface area (Å²) in [6.45, 7) is 1.96. The Hall–Kier alpha value is -1.55. The lowest BCUT2D eigenvalue weighted by molar-refractivity contribution is 0.0995. The van der Waals surface area contributed by atoms with E-state index in [0.29, 0.717) is 4.88 Å². The van der Waals surface area contributed by atoms with Gasteiger partial charge in [0.1, 0.15) is 0 Å². The first kappa shape index (κ1) is 12.9. The van der Waals surface area contributed by atoms with Gasteiger partial charge in [-0.05, 0) is 35.1 Å². The molecule has 1 heterocycles. The quantitative estimate of drug-likeness (QED) is 0.764. The molecule has 1 aromatic carbocycles. The van der Waals surface area contributed by atoms with E-state index < -0.39 is 11.6 Å². The van der Waals surface area contributed by atoms with Crippen LogP contribution in [0.3, 0.4) is 0 Å². The van der Waals surface area contributed by atoms with E-state index in [1.165, 1.54) is 23.5 Å². The molecule has 0 aliphatic rings. The molecule has 0 spiro atoms. The number of carbonyl (C=O) groups excluding carboxylic acids is 1. The van der Waals surface area contributed by atoms with Crippen LogP contribution in [0.2, 0.25) is 0 Å². The lowest BCUT2D eigenvalue weighted by atomic mass is 10.0. The van der Waals surface area contributed by atoms with Crippen molar-refractivity contribution in [3.05, 3.63) is 57.3 Å². The van der Waals surface area contributed by atoms with Gasteiger partial charge < -0.3 is 0 Å². The Labute approximate surface area is 108 Å². The Bertz CT molecular complexity index is 575. The molecule has 1 nitrogen and oxygen atoms in total. The van der Waals surface area contributed by atoms with Gasteiger partial charge in [0.25, 0.3) is 0 Å². The molecule has 0 N–H and O–H groups in total. The molecule has 1 aromatic heterocycles. The Morgan fingerprint density at radius 1 is 1.22 bits per heavy atom. The Morgan fingerprint density at radius 2 is 2.00 bits per heavy atom. The number of Topliss-reactive ketones (excluding diaryl/α,β-unsaturated/α-hetero) is 1. The number of thiophene rings is 1. The molecule has 2 aromatic rings. The van der Waals surface area contributed by atoms with Gasteiger partial charge in [-0.1, -0.05) is 19.1 Å². The average Bonchev–Trinajstić information content (AvgIpc) is 2.83. The zero-order valence-electron chi connectivity index (χ0n) is 9.87. The lowest BCUT2D eigenvalue weighted by Gasteiger charge is -2.03. The van der Waals surface area contributed by atoms with Crippen molar-refractivity contribution >= 4 is 17.1 Å². The van der Waals surface area contributed by atoms with Crippen LogP contribution >= 0.6 is 11.3 Å². The van der Waals surface area contributed by atoms with Crippen LogP contribution in [0.25, 0.3) is 0 Å². The van der Waals surface area contributed by atoms with E-state index in [-0.39, 0.29) is 17.8 Å². The first-order chi connectivity index (χ1) is 8.63. The molecule has 0 amide bonds. The van der Waals surface area contributed by atoms with E-state index in [0.717, 1.165) is 18.1 Å². The number of ketones is 1. The van der Waals surface area contributed by atoms with Crippen LogP contribution in [-0.4, -0.2) is 5.78 Å². The van der Waals surface area contributed by atoms with Crippen molar-refractivity contribution in [3.8, 4) is 0 Å². The van der Waals surface area contributed by atoms with Crippen molar-refractivity contribution in [2.75, 3.05) is 0 Å². The van der Waals surface area contributed by atoms with Crippen LogP contribution < -0.4 is 0 Å². The minimum atomic E-state index is -0.930. The standard InChI is InChI=1S/C14H12F2OS/c1-2-9-6-7-18-14(9)12(17)8-10-4-3-5-11(15)13(10)16/h3-7H,2,8H2,1H3. The molecule has 0 saturated heterocycles. The van der Waals surface area contributed by atoms with Crippen LogP contribution in [0.4, 0.5) is 8.78 Å². The molecule has 0 aliphatic carbocycles. The number of hydrogen-bond donors (Lipinski definition) is 0. The predicted octanol–water partition coefficient (Wildman–Crippen LogP) is 4.01. The van der Waals surface area contributed by atoms with E-state index in [4.69, 9.17) is 0 Å². The van der Waals surface area contributed by atoms with E-state index in [1.54, 1.807) is 0 Å². The maximum absolute atomic E-state index is 13.5. The minimum Gasteiger partial charge on any atom is -0.293 e. The van der Waals surface area contributed by atoms with Crippen LogP contribution in [0, 0.1) is 11.6 Å². The van der Waals surface area contributed by atoms with Crippen molar-refractivity contribution in [1.29, 1.82) is 0 Å². The fourth-order valence-electron chi connectivity index (χ4n) is 1.80. The average molecular weight is 266 g/mol. The third-order valence-electron chi connectivity index (χ3n) is 2.76. The van der Waals surface area contributed by atoms with Gasteiger partial charge in [-0.3, -0.25) is 4.79 Å². The predicted molar refractivity (Wildman–Crippen MR) is 68.1 cm³/mol. The summed E-state index contributed by atoms with van der Waals surface area (Å²) in [5.41, 5.74) is 1.07. The summed E-state index contributed by atoms with van der Waals surface area (Å²) in [5, 5.41) is 1.84. The second kappa shape index (κ2) is 5.40. The van der Waals surface area contributed by atoms with Gasteiger partial charge in [0.15, 0.2) is 17.4 Å². The largest absolute Gasteiger partial charge is 0.293 e. The second-order valence-electron chi connectivity index (χ2n) is 3.94. The Kier molecular flexibility index (Phi) is 3.87. The van der Waals surface area contributed by atoms with Crippen LogP contribution in [-0.2, 0) is 12.8 Å². The zero-order valence-corrected chi connectivity index (χ0v) is 10.7. The maximum atomic E-state index is 13.5. The highest BCUT2D eigenvalue weighted by Crippen LogP contribution is 2.21. The normalized spacial score (nSPS) is 10.6. The van der Waals surface area contributed by atoms with E-state index in [1.807, 2.05) is 18.4 Å². The molecule has 94 valence electrons. The fourth-order valence-corrected chi connectivity index (χ4v) is 2.73. The first-order valence-corrected chi connectivity index (χ1v) is 6.54. The number of aryl methyl sites for hydroxylation is 1. The van der Waals surface area contributed by atoms with Gasteiger partial charge >= 0.3 is 0 Å². The fraction of sp³-hybridized carbons (Fsp3) is 0.214. The molecule has 18 heavy (non-hydrogen) atoms.